The molecule has 0 aliphatic rings. The molecule has 1 aromatic carbocycles. The molecule has 0 aliphatic carbocycles. The molecule has 0 spiro atoms. The van der Waals surface area contributed by atoms with Crippen LogP contribution in [0.4, 0.5) is 5.69 Å². The predicted octanol–water partition coefficient (Wildman–Crippen LogP) is 1.09. The number of rotatable bonds is 4. The Morgan fingerprint density at radius 2 is 1.90 bits per heavy atom. The van der Waals surface area contributed by atoms with E-state index in [1.807, 2.05) is 0 Å². The van der Waals surface area contributed by atoms with Crippen LogP contribution in [0.5, 0.6) is 0 Å². The highest BCUT2D eigenvalue weighted by atomic mass is 35.5. The monoisotopic (exact) mass is 295 g/mol. The number of benzene rings is 1. The molecule has 2 rings (SSSR count). The minimum absolute atomic E-state index is 0.0220. The highest BCUT2D eigenvalue weighted by molar-refractivity contribution is 6.30. The summed E-state index contributed by atoms with van der Waals surface area (Å²) < 4.78 is 0. The number of carbonyl (C=O) groups is 2. The number of hydrogen-bond donors (Lipinski definition) is 3. The molecular formula is C12H10ClN3O4. The molecule has 0 atom stereocenters. The van der Waals surface area contributed by atoms with Crippen LogP contribution in [0.25, 0.3) is 0 Å². The molecule has 1 amide bonds. The Hall–Kier alpha value is -2.54. The van der Waals surface area contributed by atoms with E-state index in [0.717, 1.165) is 4.90 Å². The van der Waals surface area contributed by atoms with Crippen LogP contribution in [0.15, 0.2) is 35.3 Å². The van der Waals surface area contributed by atoms with E-state index in [1.54, 1.807) is 12.1 Å². The van der Waals surface area contributed by atoms with Crippen LogP contribution in [-0.2, 0) is 4.79 Å². The number of nitrogens with zero attached hydrogens (tertiary/aromatic N) is 1. The Balaban J connectivity index is 2.36. The summed E-state index contributed by atoms with van der Waals surface area (Å²) in [4.78, 5) is 39.7. The van der Waals surface area contributed by atoms with Gasteiger partial charge >= 0.3 is 11.7 Å². The van der Waals surface area contributed by atoms with Crippen LogP contribution in [-0.4, -0.2) is 33.5 Å². The maximum atomic E-state index is 12.2. The summed E-state index contributed by atoms with van der Waals surface area (Å²) in [6.07, 6.45) is 1.19. The first-order chi connectivity index (χ1) is 9.47. The molecule has 1 aromatic heterocycles. The van der Waals surface area contributed by atoms with Crippen LogP contribution in [0, 0.1) is 0 Å². The third-order valence-electron chi connectivity index (χ3n) is 2.50. The van der Waals surface area contributed by atoms with E-state index in [-0.39, 0.29) is 5.69 Å². The zero-order chi connectivity index (χ0) is 14.7. The maximum absolute atomic E-state index is 12.2. The Morgan fingerprint density at radius 1 is 1.25 bits per heavy atom. The van der Waals surface area contributed by atoms with Gasteiger partial charge in [0.05, 0.1) is 0 Å². The normalized spacial score (nSPS) is 10.2. The summed E-state index contributed by atoms with van der Waals surface area (Å²) in [6.45, 7) is -0.534. The topological polar surface area (TPSA) is 106 Å². The number of aromatic amines is 2. The molecule has 7 nitrogen and oxygen atoms in total. The lowest BCUT2D eigenvalue weighted by molar-refractivity contribution is -0.135. The SMILES string of the molecule is O=C(O)CN(C(=O)c1c[nH]c(=O)[nH]1)c1ccc(Cl)cc1. The number of carboxylic acid groups (broad SMARTS) is 1. The molecule has 0 fully saturated rings. The largest absolute Gasteiger partial charge is 0.480 e. The zero-order valence-corrected chi connectivity index (χ0v) is 10.8. The van der Waals surface area contributed by atoms with Gasteiger partial charge in [-0.05, 0) is 24.3 Å². The van der Waals surface area contributed by atoms with Gasteiger partial charge in [0.15, 0.2) is 0 Å². The fraction of sp³-hybridized carbons (Fsp3) is 0.0833. The summed E-state index contributed by atoms with van der Waals surface area (Å²) in [5, 5.41) is 9.37. The molecule has 8 heteroatoms. The molecule has 0 bridgehead atoms. The van der Waals surface area contributed by atoms with Gasteiger partial charge in [0.2, 0.25) is 0 Å². The number of aliphatic carboxylic acids is 1. The van der Waals surface area contributed by atoms with Crippen molar-refractivity contribution in [2.24, 2.45) is 0 Å². The van der Waals surface area contributed by atoms with Gasteiger partial charge in [0.1, 0.15) is 12.2 Å². The second kappa shape index (κ2) is 5.62. The van der Waals surface area contributed by atoms with Gasteiger partial charge in [0, 0.05) is 16.9 Å². The Bertz CT molecular complexity index is 689. The number of halogens is 1. The van der Waals surface area contributed by atoms with Crippen molar-refractivity contribution in [2.45, 2.75) is 0 Å². The Morgan fingerprint density at radius 3 is 2.40 bits per heavy atom. The molecule has 104 valence electrons. The summed E-state index contributed by atoms with van der Waals surface area (Å²) in [5.41, 5.74) is -0.199. The quantitative estimate of drug-likeness (QED) is 0.785. The Kier molecular flexibility index (Phi) is 3.90. The molecule has 0 aliphatic heterocycles. The van der Waals surface area contributed by atoms with Crippen LogP contribution in [0.3, 0.4) is 0 Å². The Labute approximate surface area is 117 Å². The maximum Gasteiger partial charge on any atom is 0.323 e. The first kappa shape index (κ1) is 13.9. The fourth-order valence-electron chi connectivity index (χ4n) is 1.63. The van der Waals surface area contributed by atoms with Crippen molar-refractivity contribution in [3.8, 4) is 0 Å². The molecular weight excluding hydrogens is 286 g/mol. The number of hydrogen-bond acceptors (Lipinski definition) is 3. The first-order valence-electron chi connectivity index (χ1n) is 5.54. The van der Waals surface area contributed by atoms with Crippen LogP contribution in [0.2, 0.25) is 5.02 Å². The van der Waals surface area contributed by atoms with Crippen molar-refractivity contribution < 1.29 is 14.7 Å². The number of imidazole rings is 1. The van der Waals surface area contributed by atoms with Gasteiger partial charge in [0.25, 0.3) is 5.91 Å². The number of amides is 1. The summed E-state index contributed by atoms with van der Waals surface area (Å²) in [6, 6.07) is 6.12. The molecule has 0 saturated carbocycles. The van der Waals surface area contributed by atoms with Gasteiger partial charge in [-0.2, -0.15) is 0 Å². The number of carbonyl (C=O) groups excluding carboxylic acids is 1. The van der Waals surface area contributed by atoms with E-state index in [1.165, 1.54) is 18.3 Å². The standard InChI is InChI=1S/C12H10ClN3O4/c13-7-1-3-8(4-2-7)16(6-10(17)18)11(19)9-5-14-12(20)15-9/h1-5H,6H2,(H,17,18)(H2,14,15,20). The van der Waals surface area contributed by atoms with Crippen LogP contribution in [0.1, 0.15) is 10.5 Å². The van der Waals surface area contributed by atoms with E-state index >= 15 is 0 Å². The van der Waals surface area contributed by atoms with Gasteiger partial charge in [-0.3, -0.25) is 14.5 Å². The van der Waals surface area contributed by atoms with Gasteiger partial charge in [-0.25, -0.2) is 4.79 Å². The summed E-state index contributed by atoms with van der Waals surface area (Å²) >= 11 is 5.75. The lowest BCUT2D eigenvalue weighted by Crippen LogP contribution is -2.36. The number of aromatic nitrogens is 2. The molecule has 0 saturated heterocycles. The molecule has 1 heterocycles. The minimum atomic E-state index is -1.17. The highest BCUT2D eigenvalue weighted by Crippen LogP contribution is 2.19. The predicted molar refractivity (Wildman–Crippen MR) is 72.2 cm³/mol. The molecule has 20 heavy (non-hydrogen) atoms. The van der Waals surface area contributed by atoms with Crippen molar-refractivity contribution in [3.63, 3.8) is 0 Å². The van der Waals surface area contributed by atoms with E-state index in [2.05, 4.69) is 9.97 Å². The highest BCUT2D eigenvalue weighted by Gasteiger charge is 2.21. The zero-order valence-electron chi connectivity index (χ0n) is 10.1. The van der Waals surface area contributed by atoms with E-state index in [0.29, 0.717) is 10.7 Å². The molecule has 3 N–H and O–H groups in total. The smallest absolute Gasteiger partial charge is 0.323 e. The lowest BCUT2D eigenvalue weighted by atomic mass is 10.2. The molecule has 0 radical (unpaired) electrons. The van der Waals surface area contributed by atoms with E-state index in [9.17, 15) is 14.4 Å². The van der Waals surface area contributed by atoms with Crippen molar-refractivity contribution in [2.75, 3.05) is 11.4 Å². The first-order valence-corrected chi connectivity index (χ1v) is 5.92. The van der Waals surface area contributed by atoms with Crippen molar-refractivity contribution in [1.29, 1.82) is 0 Å². The summed E-state index contributed by atoms with van der Waals surface area (Å²) in [5.74, 6) is -1.81. The minimum Gasteiger partial charge on any atom is -0.480 e. The van der Waals surface area contributed by atoms with Gasteiger partial charge < -0.3 is 15.1 Å². The van der Waals surface area contributed by atoms with Crippen molar-refractivity contribution in [3.05, 3.63) is 51.7 Å². The average Bonchev–Trinajstić information content (AvgIpc) is 2.83. The number of nitrogens with one attached hydrogen (secondary N) is 2. The molecule has 2 aromatic rings. The van der Waals surface area contributed by atoms with Crippen LogP contribution < -0.4 is 10.6 Å². The second-order valence-corrected chi connectivity index (χ2v) is 4.35. The van der Waals surface area contributed by atoms with Gasteiger partial charge in [-0.1, -0.05) is 11.6 Å². The molecule has 0 unspecified atom stereocenters. The summed E-state index contributed by atoms with van der Waals surface area (Å²) in [7, 11) is 0. The average molecular weight is 296 g/mol. The second-order valence-electron chi connectivity index (χ2n) is 3.92. The number of carboxylic acids is 1. The van der Waals surface area contributed by atoms with E-state index in [4.69, 9.17) is 16.7 Å². The lowest BCUT2D eigenvalue weighted by Gasteiger charge is -2.20. The fourth-order valence-corrected chi connectivity index (χ4v) is 1.76. The number of H-pyrrole nitrogens is 2. The van der Waals surface area contributed by atoms with Gasteiger partial charge in [-0.15, -0.1) is 0 Å². The van der Waals surface area contributed by atoms with Crippen LogP contribution >= 0.6 is 11.6 Å². The van der Waals surface area contributed by atoms with Crippen molar-refractivity contribution >= 4 is 29.2 Å². The van der Waals surface area contributed by atoms with E-state index < -0.39 is 24.1 Å². The third kappa shape index (κ3) is 3.07. The number of anilines is 1. The third-order valence-corrected chi connectivity index (χ3v) is 2.76. The van der Waals surface area contributed by atoms with Crippen molar-refractivity contribution in [1.82, 2.24) is 9.97 Å².